The number of rotatable bonds is 2. The molecular formula is C13H14ClFN4O. The minimum absolute atomic E-state index is 0.0115. The van der Waals surface area contributed by atoms with E-state index < -0.39 is 5.82 Å². The van der Waals surface area contributed by atoms with Gasteiger partial charge in [0, 0.05) is 24.9 Å². The lowest BCUT2D eigenvalue weighted by atomic mass is 10.1. The molecule has 0 radical (unpaired) electrons. The highest BCUT2D eigenvalue weighted by molar-refractivity contribution is 6.31. The van der Waals surface area contributed by atoms with Gasteiger partial charge in [0.05, 0.1) is 5.02 Å². The number of hydrogen-bond donors (Lipinski definition) is 2. The van der Waals surface area contributed by atoms with Crippen LogP contribution in [0.3, 0.4) is 0 Å². The number of guanidine groups is 1. The fraction of sp³-hybridized carbons (Fsp3) is 0.385. The molecule has 0 aromatic heterocycles. The van der Waals surface area contributed by atoms with Gasteiger partial charge in [-0.1, -0.05) is 11.6 Å². The molecule has 1 aromatic rings. The van der Waals surface area contributed by atoms with E-state index >= 15 is 0 Å². The standard InChI is InChI=1S/C13H14ClFN4O/c14-11-7-10(1-2-12(11)15)19-13(17-8-16)18-9-3-5-20-6-4-9/h1-2,7,9H,3-6H2,(H2,17,18,19). The van der Waals surface area contributed by atoms with Gasteiger partial charge in [0.15, 0.2) is 0 Å². The van der Waals surface area contributed by atoms with Gasteiger partial charge < -0.3 is 15.4 Å². The molecule has 7 heteroatoms. The molecule has 0 unspecified atom stereocenters. The summed E-state index contributed by atoms with van der Waals surface area (Å²) in [6.07, 6.45) is 3.42. The molecule has 5 nitrogen and oxygen atoms in total. The molecule has 1 saturated heterocycles. The van der Waals surface area contributed by atoms with E-state index in [1.807, 2.05) is 0 Å². The lowest BCUT2D eigenvalue weighted by molar-refractivity contribution is 0.0824. The Morgan fingerprint density at radius 1 is 1.45 bits per heavy atom. The van der Waals surface area contributed by atoms with Crippen LogP contribution in [0.25, 0.3) is 0 Å². The van der Waals surface area contributed by atoms with E-state index in [-0.39, 0.29) is 11.1 Å². The Hall–Kier alpha value is -1.84. The zero-order valence-corrected chi connectivity index (χ0v) is 11.5. The van der Waals surface area contributed by atoms with Gasteiger partial charge in [-0.3, -0.25) is 0 Å². The number of halogens is 2. The van der Waals surface area contributed by atoms with Crippen LogP contribution in [0.2, 0.25) is 5.02 Å². The van der Waals surface area contributed by atoms with Gasteiger partial charge in [-0.05, 0) is 31.0 Å². The third kappa shape index (κ3) is 4.08. The highest BCUT2D eigenvalue weighted by Gasteiger charge is 2.15. The second-order valence-electron chi connectivity index (χ2n) is 4.35. The maximum Gasteiger partial charge on any atom is 0.211 e. The van der Waals surface area contributed by atoms with Gasteiger partial charge in [0.25, 0.3) is 0 Å². The molecule has 0 amide bonds. The molecule has 1 heterocycles. The van der Waals surface area contributed by atoms with E-state index in [0.29, 0.717) is 24.9 Å². The van der Waals surface area contributed by atoms with Crippen LogP contribution in [-0.2, 0) is 4.74 Å². The Labute approximate surface area is 121 Å². The summed E-state index contributed by atoms with van der Waals surface area (Å²) in [5.41, 5.74) is 0.560. The van der Waals surface area contributed by atoms with E-state index in [4.69, 9.17) is 21.6 Å². The fourth-order valence-electron chi connectivity index (χ4n) is 1.89. The minimum atomic E-state index is -0.492. The smallest absolute Gasteiger partial charge is 0.211 e. The number of ether oxygens (including phenoxy) is 1. The van der Waals surface area contributed by atoms with Gasteiger partial charge in [-0.25, -0.2) is 4.39 Å². The maximum absolute atomic E-state index is 13.1. The molecule has 20 heavy (non-hydrogen) atoms. The first-order chi connectivity index (χ1) is 9.69. The zero-order chi connectivity index (χ0) is 14.4. The first-order valence-electron chi connectivity index (χ1n) is 6.22. The normalized spacial score (nSPS) is 16.6. The highest BCUT2D eigenvalue weighted by Crippen LogP contribution is 2.19. The molecule has 1 fully saturated rings. The van der Waals surface area contributed by atoms with Crippen molar-refractivity contribution in [1.29, 1.82) is 5.26 Å². The van der Waals surface area contributed by atoms with Crippen LogP contribution in [0.4, 0.5) is 10.1 Å². The minimum Gasteiger partial charge on any atom is -0.381 e. The van der Waals surface area contributed by atoms with Gasteiger partial charge in [0.1, 0.15) is 5.82 Å². The summed E-state index contributed by atoms with van der Waals surface area (Å²) < 4.78 is 18.3. The van der Waals surface area contributed by atoms with Crippen LogP contribution in [0.5, 0.6) is 0 Å². The number of aliphatic imine (C=N–C) groups is 1. The lowest BCUT2D eigenvalue weighted by Crippen LogP contribution is -2.42. The van der Waals surface area contributed by atoms with Crippen molar-refractivity contribution in [2.24, 2.45) is 4.99 Å². The second kappa shape index (κ2) is 7.08. The summed E-state index contributed by atoms with van der Waals surface area (Å²) in [6.45, 7) is 1.36. The molecular weight excluding hydrogens is 283 g/mol. The van der Waals surface area contributed by atoms with Crippen LogP contribution in [0.1, 0.15) is 12.8 Å². The fourth-order valence-corrected chi connectivity index (χ4v) is 2.07. The molecule has 1 aromatic carbocycles. The molecule has 1 aliphatic heterocycles. The quantitative estimate of drug-likeness (QED) is 0.500. The van der Waals surface area contributed by atoms with Crippen LogP contribution in [0.15, 0.2) is 23.2 Å². The lowest BCUT2D eigenvalue weighted by Gasteiger charge is -2.24. The van der Waals surface area contributed by atoms with Crippen molar-refractivity contribution in [3.8, 4) is 6.19 Å². The summed E-state index contributed by atoms with van der Waals surface area (Å²) in [5.74, 6) is -0.171. The van der Waals surface area contributed by atoms with E-state index in [2.05, 4.69) is 15.6 Å². The average molecular weight is 297 g/mol. The molecule has 0 aliphatic carbocycles. The van der Waals surface area contributed by atoms with E-state index in [0.717, 1.165) is 12.8 Å². The third-order valence-corrected chi connectivity index (χ3v) is 3.20. The van der Waals surface area contributed by atoms with Crippen molar-refractivity contribution < 1.29 is 9.13 Å². The summed E-state index contributed by atoms with van der Waals surface area (Å²) >= 11 is 5.71. The summed E-state index contributed by atoms with van der Waals surface area (Å²) in [7, 11) is 0. The van der Waals surface area contributed by atoms with E-state index in [1.165, 1.54) is 18.2 Å². The third-order valence-electron chi connectivity index (χ3n) is 2.91. The van der Waals surface area contributed by atoms with Crippen molar-refractivity contribution in [3.05, 3.63) is 29.0 Å². The predicted molar refractivity (Wildman–Crippen MR) is 75.1 cm³/mol. The molecule has 0 saturated carbocycles. The number of anilines is 1. The first-order valence-corrected chi connectivity index (χ1v) is 6.60. The average Bonchev–Trinajstić information content (AvgIpc) is 2.44. The summed E-state index contributed by atoms with van der Waals surface area (Å²) in [6, 6.07) is 4.41. The molecule has 0 atom stereocenters. The number of nitriles is 1. The molecule has 1 aliphatic rings. The Morgan fingerprint density at radius 2 is 2.20 bits per heavy atom. The largest absolute Gasteiger partial charge is 0.381 e. The highest BCUT2D eigenvalue weighted by atomic mass is 35.5. The van der Waals surface area contributed by atoms with Crippen LogP contribution >= 0.6 is 11.6 Å². The van der Waals surface area contributed by atoms with Gasteiger partial charge in [-0.2, -0.15) is 5.26 Å². The Morgan fingerprint density at radius 3 is 2.85 bits per heavy atom. The van der Waals surface area contributed by atoms with Crippen molar-refractivity contribution in [2.45, 2.75) is 18.9 Å². The number of hydrogen-bond acceptors (Lipinski definition) is 3. The van der Waals surface area contributed by atoms with E-state index in [1.54, 1.807) is 6.19 Å². The Kier molecular flexibility index (Phi) is 5.16. The molecule has 2 N–H and O–H groups in total. The van der Waals surface area contributed by atoms with Crippen molar-refractivity contribution in [2.75, 3.05) is 18.5 Å². The molecule has 0 bridgehead atoms. The van der Waals surface area contributed by atoms with Crippen molar-refractivity contribution in [3.63, 3.8) is 0 Å². The first kappa shape index (κ1) is 14.6. The van der Waals surface area contributed by atoms with Crippen LogP contribution in [-0.4, -0.2) is 25.2 Å². The van der Waals surface area contributed by atoms with Gasteiger partial charge in [-0.15, -0.1) is 4.99 Å². The Bertz CT molecular complexity index is 538. The number of nitrogens with one attached hydrogen (secondary N) is 2. The zero-order valence-electron chi connectivity index (χ0n) is 10.7. The van der Waals surface area contributed by atoms with E-state index in [9.17, 15) is 4.39 Å². The summed E-state index contributed by atoms with van der Waals surface area (Å²) in [4.78, 5) is 3.69. The maximum atomic E-state index is 13.1. The number of benzene rings is 1. The van der Waals surface area contributed by atoms with Crippen molar-refractivity contribution >= 4 is 23.2 Å². The van der Waals surface area contributed by atoms with Crippen LogP contribution < -0.4 is 10.6 Å². The topological polar surface area (TPSA) is 69.4 Å². The molecule has 2 rings (SSSR count). The summed E-state index contributed by atoms with van der Waals surface area (Å²) in [5, 5.41) is 14.8. The molecule has 0 spiro atoms. The molecule has 106 valence electrons. The van der Waals surface area contributed by atoms with Gasteiger partial charge >= 0.3 is 0 Å². The second-order valence-corrected chi connectivity index (χ2v) is 4.75. The SMILES string of the molecule is N#CN=C(Nc1ccc(F)c(Cl)c1)NC1CCOCC1. The van der Waals surface area contributed by atoms with Gasteiger partial charge in [0.2, 0.25) is 12.2 Å². The monoisotopic (exact) mass is 296 g/mol. The van der Waals surface area contributed by atoms with Crippen molar-refractivity contribution in [1.82, 2.24) is 5.32 Å². The van der Waals surface area contributed by atoms with Crippen LogP contribution in [0, 0.1) is 17.3 Å². The Balaban J connectivity index is 2.03. The predicted octanol–water partition coefficient (Wildman–Crippen LogP) is 2.50. The number of nitrogens with zero attached hydrogens (tertiary/aromatic N) is 2.